The van der Waals surface area contributed by atoms with Crippen LogP contribution in [0.5, 0.6) is 0 Å². The van der Waals surface area contributed by atoms with Crippen molar-refractivity contribution in [2.24, 2.45) is 11.7 Å². The molecule has 0 aliphatic heterocycles. The summed E-state index contributed by atoms with van der Waals surface area (Å²) < 4.78 is 26.0. The zero-order valence-electron chi connectivity index (χ0n) is 10.4. The summed E-state index contributed by atoms with van der Waals surface area (Å²) in [6, 6.07) is 0.201. The molecular weight excluding hydrogens is 224 g/mol. The van der Waals surface area contributed by atoms with Crippen LogP contribution in [0.2, 0.25) is 0 Å². The minimum atomic E-state index is -3.11. The monoisotopic (exact) mass is 248 g/mol. The zero-order valence-corrected chi connectivity index (χ0v) is 11.2. The van der Waals surface area contributed by atoms with Crippen LogP contribution in [0, 0.1) is 5.92 Å². The highest BCUT2D eigenvalue weighted by atomic mass is 32.2. The number of hydrogen-bond donors (Lipinski definition) is 1. The van der Waals surface area contributed by atoms with E-state index in [2.05, 4.69) is 0 Å². The largest absolute Gasteiger partial charge is 0.329 e. The fourth-order valence-corrected chi connectivity index (χ4v) is 4.47. The van der Waals surface area contributed by atoms with Crippen LogP contribution in [0.4, 0.5) is 0 Å². The van der Waals surface area contributed by atoms with Gasteiger partial charge >= 0.3 is 0 Å². The molecule has 2 N–H and O–H groups in total. The second-order valence-electron chi connectivity index (χ2n) is 5.01. The van der Waals surface area contributed by atoms with Crippen LogP contribution in [0.3, 0.4) is 0 Å². The van der Waals surface area contributed by atoms with Gasteiger partial charge < -0.3 is 5.73 Å². The Labute approximate surface area is 99.2 Å². The predicted octanol–water partition coefficient (Wildman–Crippen LogP) is 1.18. The maximum Gasteiger partial charge on any atom is 0.214 e. The summed E-state index contributed by atoms with van der Waals surface area (Å²) in [5.41, 5.74) is 5.52. The molecule has 0 bridgehead atoms. The smallest absolute Gasteiger partial charge is 0.214 e. The number of rotatable bonds is 6. The highest BCUT2D eigenvalue weighted by Crippen LogP contribution is 2.26. The van der Waals surface area contributed by atoms with Crippen LogP contribution < -0.4 is 5.73 Å². The maximum atomic E-state index is 12.2. The quantitative estimate of drug-likeness (QED) is 0.767. The summed E-state index contributed by atoms with van der Waals surface area (Å²) in [7, 11) is -3.11. The van der Waals surface area contributed by atoms with E-state index >= 15 is 0 Å². The summed E-state index contributed by atoms with van der Waals surface area (Å²) >= 11 is 0. The van der Waals surface area contributed by atoms with Gasteiger partial charge in [0.1, 0.15) is 0 Å². The molecule has 0 amide bonds. The van der Waals surface area contributed by atoms with Gasteiger partial charge in [-0.05, 0) is 18.8 Å². The first-order valence-corrected chi connectivity index (χ1v) is 7.78. The molecular formula is C11H24N2O2S. The van der Waals surface area contributed by atoms with Gasteiger partial charge in [0.05, 0.1) is 5.75 Å². The SMILES string of the molecule is CC(C)CS(=O)(=O)N(CCN)C1CCCC1. The van der Waals surface area contributed by atoms with Crippen molar-refractivity contribution in [2.45, 2.75) is 45.6 Å². The summed E-state index contributed by atoms with van der Waals surface area (Å²) in [6.45, 7) is 4.76. The Balaban J connectivity index is 2.75. The zero-order chi connectivity index (χ0) is 12.2. The molecule has 1 saturated carbocycles. The molecule has 16 heavy (non-hydrogen) atoms. The predicted molar refractivity (Wildman–Crippen MR) is 66.6 cm³/mol. The van der Waals surface area contributed by atoms with Crippen molar-refractivity contribution >= 4 is 10.0 Å². The average molecular weight is 248 g/mol. The molecule has 0 spiro atoms. The number of nitrogens with two attached hydrogens (primary N) is 1. The van der Waals surface area contributed by atoms with Gasteiger partial charge in [-0.1, -0.05) is 26.7 Å². The van der Waals surface area contributed by atoms with Crippen molar-refractivity contribution in [2.75, 3.05) is 18.8 Å². The third kappa shape index (κ3) is 3.71. The topological polar surface area (TPSA) is 63.4 Å². The van der Waals surface area contributed by atoms with E-state index in [-0.39, 0.29) is 17.7 Å². The van der Waals surface area contributed by atoms with Crippen molar-refractivity contribution < 1.29 is 8.42 Å². The molecule has 0 heterocycles. The van der Waals surface area contributed by atoms with E-state index < -0.39 is 10.0 Å². The lowest BCUT2D eigenvalue weighted by Gasteiger charge is -2.28. The van der Waals surface area contributed by atoms with Gasteiger partial charge in [0, 0.05) is 19.1 Å². The Morgan fingerprint density at radius 2 is 1.88 bits per heavy atom. The highest BCUT2D eigenvalue weighted by molar-refractivity contribution is 7.89. The minimum Gasteiger partial charge on any atom is -0.329 e. The van der Waals surface area contributed by atoms with Crippen LogP contribution in [0.1, 0.15) is 39.5 Å². The fraction of sp³-hybridized carbons (Fsp3) is 1.00. The molecule has 4 nitrogen and oxygen atoms in total. The molecule has 96 valence electrons. The van der Waals surface area contributed by atoms with Crippen LogP contribution in [-0.2, 0) is 10.0 Å². The van der Waals surface area contributed by atoms with E-state index in [1.807, 2.05) is 13.8 Å². The van der Waals surface area contributed by atoms with Crippen molar-refractivity contribution in [3.63, 3.8) is 0 Å². The van der Waals surface area contributed by atoms with Crippen LogP contribution in [0.25, 0.3) is 0 Å². The van der Waals surface area contributed by atoms with E-state index in [4.69, 9.17) is 5.73 Å². The first-order chi connectivity index (χ1) is 7.47. The Hall–Kier alpha value is -0.130. The molecule has 1 rings (SSSR count). The summed E-state index contributed by atoms with van der Waals surface area (Å²) in [5.74, 6) is 0.412. The Morgan fingerprint density at radius 1 is 1.31 bits per heavy atom. The Kier molecular flexibility index (Phi) is 5.21. The molecule has 0 unspecified atom stereocenters. The van der Waals surface area contributed by atoms with Crippen LogP contribution in [-0.4, -0.2) is 37.6 Å². The Morgan fingerprint density at radius 3 is 2.31 bits per heavy atom. The van der Waals surface area contributed by atoms with Crippen molar-refractivity contribution in [1.29, 1.82) is 0 Å². The third-order valence-corrected chi connectivity index (χ3v) is 5.27. The van der Waals surface area contributed by atoms with E-state index in [1.165, 1.54) is 0 Å². The van der Waals surface area contributed by atoms with Crippen LogP contribution in [0.15, 0.2) is 0 Å². The van der Waals surface area contributed by atoms with Gasteiger partial charge in [-0.2, -0.15) is 4.31 Å². The molecule has 0 aromatic carbocycles. The van der Waals surface area contributed by atoms with Crippen LogP contribution >= 0.6 is 0 Å². The number of nitrogens with zero attached hydrogens (tertiary/aromatic N) is 1. The molecule has 0 aromatic rings. The third-order valence-electron chi connectivity index (χ3n) is 2.98. The van der Waals surface area contributed by atoms with Gasteiger partial charge in [0.2, 0.25) is 10.0 Å². The second kappa shape index (κ2) is 5.98. The molecule has 0 saturated heterocycles. The molecule has 5 heteroatoms. The Bertz CT molecular complexity index is 295. The molecule has 0 aromatic heterocycles. The van der Waals surface area contributed by atoms with E-state index in [0.717, 1.165) is 25.7 Å². The van der Waals surface area contributed by atoms with Gasteiger partial charge in [-0.3, -0.25) is 0 Å². The summed E-state index contributed by atoms with van der Waals surface area (Å²) in [5, 5.41) is 0. The summed E-state index contributed by atoms with van der Waals surface area (Å²) in [4.78, 5) is 0. The highest BCUT2D eigenvalue weighted by Gasteiger charge is 2.31. The van der Waals surface area contributed by atoms with E-state index in [9.17, 15) is 8.42 Å². The fourth-order valence-electron chi connectivity index (χ4n) is 2.39. The molecule has 1 aliphatic rings. The first-order valence-electron chi connectivity index (χ1n) is 6.17. The molecule has 0 radical (unpaired) electrons. The van der Waals surface area contributed by atoms with Gasteiger partial charge in [-0.15, -0.1) is 0 Å². The molecule has 0 atom stereocenters. The van der Waals surface area contributed by atoms with Gasteiger partial charge in [-0.25, -0.2) is 8.42 Å². The molecule has 1 aliphatic carbocycles. The lowest BCUT2D eigenvalue weighted by Crippen LogP contribution is -2.43. The number of sulfonamides is 1. The first kappa shape index (κ1) is 13.9. The molecule has 1 fully saturated rings. The lowest BCUT2D eigenvalue weighted by molar-refractivity contribution is 0.327. The van der Waals surface area contributed by atoms with Crippen molar-refractivity contribution in [3.8, 4) is 0 Å². The standard InChI is InChI=1S/C11H24N2O2S/c1-10(2)9-16(14,15)13(8-7-12)11-5-3-4-6-11/h10-11H,3-9,12H2,1-2H3. The van der Waals surface area contributed by atoms with E-state index in [0.29, 0.717) is 13.1 Å². The van der Waals surface area contributed by atoms with E-state index in [1.54, 1.807) is 4.31 Å². The van der Waals surface area contributed by atoms with Crippen molar-refractivity contribution in [3.05, 3.63) is 0 Å². The maximum absolute atomic E-state index is 12.2. The van der Waals surface area contributed by atoms with Crippen molar-refractivity contribution in [1.82, 2.24) is 4.31 Å². The summed E-state index contributed by atoms with van der Waals surface area (Å²) in [6.07, 6.45) is 4.28. The lowest BCUT2D eigenvalue weighted by atomic mass is 10.2. The normalized spacial score (nSPS) is 18.8. The average Bonchev–Trinajstić information content (AvgIpc) is 2.64. The van der Waals surface area contributed by atoms with Gasteiger partial charge in [0.15, 0.2) is 0 Å². The second-order valence-corrected chi connectivity index (χ2v) is 6.98. The minimum absolute atomic E-state index is 0.173. The van der Waals surface area contributed by atoms with Gasteiger partial charge in [0.25, 0.3) is 0 Å². The number of hydrogen-bond acceptors (Lipinski definition) is 3.